The first-order chi connectivity index (χ1) is 15.0. The third-order valence-corrected chi connectivity index (χ3v) is 6.55. The molecular formula is C20H16N4O4PS2+. The Hall–Kier alpha value is -3.04. The van der Waals surface area contributed by atoms with Crippen LogP contribution < -0.4 is 15.4 Å². The lowest BCUT2D eigenvalue weighted by atomic mass is 10.2. The van der Waals surface area contributed by atoms with E-state index in [0.29, 0.717) is 27.5 Å². The summed E-state index contributed by atoms with van der Waals surface area (Å²) in [5.74, 6) is 0.616. The van der Waals surface area contributed by atoms with Gasteiger partial charge in [0, 0.05) is 41.5 Å². The van der Waals surface area contributed by atoms with Crippen LogP contribution in [0.2, 0.25) is 0 Å². The van der Waals surface area contributed by atoms with Gasteiger partial charge in [0.1, 0.15) is 11.5 Å². The summed E-state index contributed by atoms with van der Waals surface area (Å²) in [5, 5.41) is 6.12. The van der Waals surface area contributed by atoms with E-state index in [1.165, 1.54) is 35.2 Å². The van der Waals surface area contributed by atoms with Gasteiger partial charge in [-0.05, 0) is 47.0 Å². The van der Waals surface area contributed by atoms with E-state index in [1.54, 1.807) is 48.1 Å². The van der Waals surface area contributed by atoms with Gasteiger partial charge in [-0.25, -0.2) is 9.97 Å². The highest BCUT2D eigenvalue weighted by molar-refractivity contribution is 7.99. The third kappa shape index (κ3) is 5.36. The van der Waals surface area contributed by atoms with Gasteiger partial charge in [-0.3, -0.25) is 10.1 Å². The molecule has 2 heterocycles. The number of thiazole rings is 1. The molecule has 1 amide bonds. The van der Waals surface area contributed by atoms with Crippen molar-refractivity contribution in [2.24, 2.45) is 7.05 Å². The summed E-state index contributed by atoms with van der Waals surface area (Å²) in [4.78, 5) is 31.1. The highest BCUT2D eigenvalue weighted by atomic mass is 32.2. The molecular weight excluding hydrogens is 455 g/mol. The molecule has 1 atom stereocenters. The SMILES string of the molecule is Cn1ccnc1Sc1cc(Oc2ccc([P+](=O)O)cc2)cc(C(=O)Nc2nccs2)c1. The largest absolute Gasteiger partial charge is 0.546 e. The first-order valence-corrected chi connectivity index (χ1v) is 11.8. The van der Waals surface area contributed by atoms with E-state index in [0.717, 1.165) is 10.1 Å². The maximum absolute atomic E-state index is 12.8. The normalized spacial score (nSPS) is 11.2. The molecule has 4 aromatic rings. The van der Waals surface area contributed by atoms with Gasteiger partial charge in [-0.15, -0.1) is 11.3 Å². The van der Waals surface area contributed by atoms with Crippen molar-refractivity contribution in [2.45, 2.75) is 10.1 Å². The smallest absolute Gasteiger partial charge is 0.457 e. The van der Waals surface area contributed by atoms with Crippen LogP contribution in [0.15, 0.2) is 76.5 Å². The fraction of sp³-hybridized carbons (Fsp3) is 0.0500. The van der Waals surface area contributed by atoms with Gasteiger partial charge in [-0.2, -0.15) is 4.89 Å². The molecule has 0 saturated heterocycles. The van der Waals surface area contributed by atoms with E-state index in [1.807, 2.05) is 17.8 Å². The van der Waals surface area contributed by atoms with Crippen LogP contribution in [0.1, 0.15) is 10.4 Å². The maximum atomic E-state index is 12.8. The first-order valence-electron chi connectivity index (χ1n) is 8.93. The quantitative estimate of drug-likeness (QED) is 0.384. The molecule has 11 heteroatoms. The fourth-order valence-corrected chi connectivity index (χ4v) is 4.43. The Labute approximate surface area is 186 Å². The van der Waals surface area contributed by atoms with Crippen LogP contribution in [0.3, 0.4) is 0 Å². The predicted molar refractivity (Wildman–Crippen MR) is 120 cm³/mol. The Morgan fingerprint density at radius 1 is 1.16 bits per heavy atom. The van der Waals surface area contributed by atoms with Crippen molar-refractivity contribution in [1.29, 1.82) is 0 Å². The van der Waals surface area contributed by atoms with Crippen LogP contribution >= 0.6 is 31.1 Å². The molecule has 0 aliphatic rings. The third-order valence-electron chi connectivity index (χ3n) is 4.07. The molecule has 0 aliphatic carbocycles. The minimum absolute atomic E-state index is 0.310. The summed E-state index contributed by atoms with van der Waals surface area (Å²) >= 11 is 2.73. The lowest BCUT2D eigenvalue weighted by molar-refractivity contribution is 0.102. The first kappa shape index (κ1) is 21.2. The van der Waals surface area contributed by atoms with Crippen molar-refractivity contribution in [3.05, 3.63) is 72.0 Å². The van der Waals surface area contributed by atoms with Gasteiger partial charge in [0.05, 0.1) is 0 Å². The van der Waals surface area contributed by atoms with Crippen molar-refractivity contribution in [1.82, 2.24) is 14.5 Å². The van der Waals surface area contributed by atoms with Gasteiger partial charge >= 0.3 is 8.03 Å². The number of carbonyl (C=O) groups is 1. The number of nitrogens with zero attached hydrogens (tertiary/aromatic N) is 3. The van der Waals surface area contributed by atoms with Crippen LogP contribution in [0.5, 0.6) is 11.5 Å². The molecule has 8 nitrogen and oxygen atoms in total. The fourth-order valence-electron chi connectivity index (χ4n) is 2.61. The monoisotopic (exact) mass is 471 g/mol. The number of benzene rings is 2. The minimum Gasteiger partial charge on any atom is -0.457 e. The molecule has 0 bridgehead atoms. The van der Waals surface area contributed by atoms with Crippen molar-refractivity contribution < 1.29 is 19.0 Å². The van der Waals surface area contributed by atoms with Gasteiger partial charge in [0.25, 0.3) is 5.91 Å². The van der Waals surface area contributed by atoms with Crippen LogP contribution in [0.4, 0.5) is 5.13 Å². The molecule has 2 N–H and O–H groups in total. The molecule has 0 spiro atoms. The van der Waals surface area contributed by atoms with E-state index in [-0.39, 0.29) is 5.91 Å². The molecule has 0 fully saturated rings. The minimum atomic E-state index is -2.41. The summed E-state index contributed by atoms with van der Waals surface area (Å²) in [5.41, 5.74) is 0.402. The lowest BCUT2D eigenvalue weighted by Gasteiger charge is -2.11. The molecule has 2 aromatic heterocycles. The van der Waals surface area contributed by atoms with E-state index in [9.17, 15) is 14.3 Å². The van der Waals surface area contributed by atoms with Gasteiger partial charge < -0.3 is 9.30 Å². The second-order valence-electron chi connectivity index (χ2n) is 6.28. The number of hydrogen-bond acceptors (Lipinski definition) is 7. The topological polar surface area (TPSA) is 106 Å². The number of nitrogens with one attached hydrogen (secondary N) is 1. The average Bonchev–Trinajstić information content (AvgIpc) is 3.40. The van der Waals surface area contributed by atoms with Gasteiger partial charge in [0.15, 0.2) is 10.3 Å². The standard InChI is InChI=1S/C20H15N4O4PS2/c1-24-8-6-22-20(24)31-17-11-13(18(25)23-19-21-7-9-30-19)10-15(12-17)28-14-2-4-16(5-3-14)29(26)27/h2-12H,1H3,(H-,21,23,25,26,27)/p+1. The van der Waals surface area contributed by atoms with Crippen molar-refractivity contribution >= 4 is 47.5 Å². The molecule has 4 rings (SSSR count). The highest BCUT2D eigenvalue weighted by Crippen LogP contribution is 2.33. The lowest BCUT2D eigenvalue weighted by Crippen LogP contribution is -2.12. The Bertz CT molecular complexity index is 1230. The number of hydrogen-bond donors (Lipinski definition) is 2. The summed E-state index contributed by atoms with van der Waals surface area (Å²) in [6.45, 7) is 0. The number of carbonyl (C=O) groups excluding carboxylic acids is 1. The van der Waals surface area contributed by atoms with Gasteiger partial charge in [0.2, 0.25) is 5.30 Å². The summed E-state index contributed by atoms with van der Waals surface area (Å²) < 4.78 is 19.0. The second-order valence-corrected chi connectivity index (χ2v) is 9.27. The molecule has 1 unspecified atom stereocenters. The second kappa shape index (κ2) is 9.40. The summed E-state index contributed by atoms with van der Waals surface area (Å²) in [6.07, 6.45) is 5.16. The van der Waals surface area contributed by atoms with Gasteiger partial charge in [-0.1, -0.05) is 11.8 Å². The zero-order valence-electron chi connectivity index (χ0n) is 16.1. The van der Waals surface area contributed by atoms with Crippen molar-refractivity contribution in [3.63, 3.8) is 0 Å². The average molecular weight is 471 g/mol. The molecule has 0 saturated carbocycles. The van der Waals surface area contributed by atoms with E-state index in [4.69, 9.17) is 4.74 Å². The number of ether oxygens (including phenoxy) is 1. The number of anilines is 1. The van der Waals surface area contributed by atoms with Crippen molar-refractivity contribution in [3.8, 4) is 11.5 Å². The number of amides is 1. The Morgan fingerprint density at radius 2 is 1.97 bits per heavy atom. The molecule has 0 radical (unpaired) electrons. The van der Waals surface area contributed by atoms with Crippen LogP contribution in [0.25, 0.3) is 0 Å². The zero-order valence-corrected chi connectivity index (χ0v) is 18.7. The van der Waals surface area contributed by atoms with Crippen LogP contribution in [-0.4, -0.2) is 25.3 Å². The Morgan fingerprint density at radius 3 is 2.61 bits per heavy atom. The summed E-state index contributed by atoms with van der Waals surface area (Å²) in [7, 11) is -0.521. The highest BCUT2D eigenvalue weighted by Gasteiger charge is 2.16. The number of aromatic nitrogens is 3. The number of imidazole rings is 1. The molecule has 156 valence electrons. The molecule has 31 heavy (non-hydrogen) atoms. The number of aryl methyl sites for hydroxylation is 1. The van der Waals surface area contributed by atoms with Crippen molar-refractivity contribution in [2.75, 3.05) is 5.32 Å². The maximum Gasteiger partial charge on any atom is 0.546 e. The Balaban J connectivity index is 1.63. The number of rotatable bonds is 7. The Kier molecular flexibility index (Phi) is 6.43. The van der Waals surface area contributed by atoms with E-state index >= 15 is 0 Å². The van der Waals surface area contributed by atoms with E-state index in [2.05, 4.69) is 15.3 Å². The molecule has 0 aliphatic heterocycles. The summed E-state index contributed by atoms with van der Waals surface area (Å²) in [6, 6.07) is 11.5. The zero-order chi connectivity index (χ0) is 21.8. The van der Waals surface area contributed by atoms with Crippen LogP contribution in [-0.2, 0) is 11.6 Å². The predicted octanol–water partition coefficient (Wildman–Crippen LogP) is 4.43. The molecule has 2 aromatic carbocycles. The van der Waals surface area contributed by atoms with E-state index < -0.39 is 8.03 Å². The van der Waals surface area contributed by atoms with Crippen LogP contribution in [0, 0.1) is 0 Å².